The number of ether oxygens (including phenoxy) is 2. The Bertz CT molecular complexity index is 390. The first-order valence-electron chi connectivity index (χ1n) is 6.89. The maximum atomic E-state index is 5.46. The molecule has 0 unspecified atom stereocenters. The summed E-state index contributed by atoms with van der Waals surface area (Å²) < 4.78 is 10.8. The van der Waals surface area contributed by atoms with Gasteiger partial charge in [0.25, 0.3) is 0 Å². The lowest BCUT2D eigenvalue weighted by molar-refractivity contribution is -0.369. The van der Waals surface area contributed by atoms with E-state index in [1.807, 2.05) is 6.07 Å². The maximum absolute atomic E-state index is 5.46. The maximum Gasteiger partial charge on any atom is 0.231 e. The molecule has 0 aliphatic carbocycles. The van der Waals surface area contributed by atoms with E-state index in [-0.39, 0.29) is 0 Å². The summed E-state index contributed by atoms with van der Waals surface area (Å²) in [7, 11) is 0. The van der Waals surface area contributed by atoms with Crippen molar-refractivity contribution in [1.29, 1.82) is 0 Å². The Labute approximate surface area is 109 Å². The summed E-state index contributed by atoms with van der Waals surface area (Å²) in [6, 6.07) is 6.35. The number of benzene rings is 1. The molecule has 3 nitrogen and oxygen atoms in total. The molecule has 0 spiro atoms. The molecule has 100 valence electrons. The summed E-state index contributed by atoms with van der Waals surface area (Å²) in [6.07, 6.45) is 3.64. The summed E-state index contributed by atoms with van der Waals surface area (Å²) in [5.74, 6) is 3.12. The van der Waals surface area contributed by atoms with Crippen LogP contribution in [0.4, 0.5) is 0 Å². The molecule has 18 heavy (non-hydrogen) atoms. The van der Waals surface area contributed by atoms with E-state index in [1.165, 1.54) is 18.4 Å². The fourth-order valence-corrected chi connectivity index (χ4v) is 2.43. The molecule has 0 saturated heterocycles. The minimum atomic E-state index is 0.352. The predicted molar refractivity (Wildman–Crippen MR) is 71.8 cm³/mol. The summed E-state index contributed by atoms with van der Waals surface area (Å²) >= 11 is 0. The third kappa shape index (κ3) is 3.16. The number of fused-ring (bicyclic) bond motifs is 1. The van der Waals surface area contributed by atoms with E-state index >= 15 is 0 Å². The monoisotopic (exact) mass is 250 g/mol. The molecule has 3 N–H and O–H groups in total. The van der Waals surface area contributed by atoms with Gasteiger partial charge in [0.2, 0.25) is 6.79 Å². The van der Waals surface area contributed by atoms with E-state index in [0.29, 0.717) is 12.7 Å². The number of rotatable bonds is 6. The summed E-state index contributed by atoms with van der Waals surface area (Å²) in [5.41, 5.74) is 5.36. The molecule has 1 aliphatic rings. The van der Waals surface area contributed by atoms with Gasteiger partial charge in [-0.05, 0) is 36.0 Å². The fraction of sp³-hybridized carbons (Fsp3) is 0.600. The molecule has 2 rings (SSSR count). The first-order valence-corrected chi connectivity index (χ1v) is 6.89. The van der Waals surface area contributed by atoms with Crippen LogP contribution in [0.5, 0.6) is 11.5 Å². The highest BCUT2D eigenvalue weighted by atomic mass is 16.7. The molecule has 1 aliphatic heterocycles. The van der Waals surface area contributed by atoms with Crippen LogP contribution in [-0.2, 0) is 0 Å². The van der Waals surface area contributed by atoms with Crippen LogP contribution in [0, 0.1) is 5.92 Å². The van der Waals surface area contributed by atoms with Gasteiger partial charge in [0, 0.05) is 6.42 Å². The van der Waals surface area contributed by atoms with Crippen LogP contribution >= 0.6 is 0 Å². The van der Waals surface area contributed by atoms with Gasteiger partial charge in [0.15, 0.2) is 11.5 Å². The Kier molecular flexibility index (Phi) is 4.48. The minimum absolute atomic E-state index is 0.352. The van der Waals surface area contributed by atoms with Crippen molar-refractivity contribution < 1.29 is 15.2 Å². The molecule has 0 bridgehead atoms. The van der Waals surface area contributed by atoms with Gasteiger partial charge in [-0.15, -0.1) is 0 Å². The third-order valence-electron chi connectivity index (χ3n) is 3.51. The molecule has 0 radical (unpaired) electrons. The number of hydrogen-bond acceptors (Lipinski definition) is 2. The molecular weight excluding hydrogens is 226 g/mol. The van der Waals surface area contributed by atoms with Crippen molar-refractivity contribution in [3.8, 4) is 11.5 Å². The first kappa shape index (κ1) is 13.2. The van der Waals surface area contributed by atoms with Gasteiger partial charge in [-0.1, -0.05) is 26.3 Å². The highest BCUT2D eigenvalue weighted by molar-refractivity contribution is 5.45. The van der Waals surface area contributed by atoms with Gasteiger partial charge in [0.05, 0.1) is 6.54 Å². The molecule has 1 aromatic rings. The normalized spacial score (nSPS) is 15.1. The van der Waals surface area contributed by atoms with Crippen molar-refractivity contribution in [2.45, 2.75) is 39.0 Å². The van der Waals surface area contributed by atoms with Crippen molar-refractivity contribution in [2.75, 3.05) is 13.3 Å². The van der Waals surface area contributed by atoms with E-state index < -0.39 is 0 Å². The highest BCUT2D eigenvalue weighted by Gasteiger charge is 2.18. The Morgan fingerprint density at radius 3 is 2.61 bits per heavy atom. The topological polar surface area (TPSA) is 46.1 Å². The van der Waals surface area contributed by atoms with Crippen LogP contribution in [0.1, 0.15) is 44.6 Å². The molecule has 0 aromatic heterocycles. The van der Waals surface area contributed by atoms with Gasteiger partial charge in [0.1, 0.15) is 0 Å². The lowest BCUT2D eigenvalue weighted by Crippen LogP contribution is -2.50. The van der Waals surface area contributed by atoms with Crippen molar-refractivity contribution >= 4 is 0 Å². The molecule has 0 saturated carbocycles. The van der Waals surface area contributed by atoms with Crippen LogP contribution in [-0.4, -0.2) is 13.3 Å². The number of hydrogen-bond donors (Lipinski definition) is 1. The smallest absolute Gasteiger partial charge is 0.231 e. The van der Waals surface area contributed by atoms with Crippen molar-refractivity contribution in [3.05, 3.63) is 23.8 Å². The zero-order chi connectivity index (χ0) is 13.0. The Hall–Kier alpha value is -1.22. The van der Waals surface area contributed by atoms with Crippen LogP contribution in [0.25, 0.3) is 0 Å². The van der Waals surface area contributed by atoms with Gasteiger partial charge in [-0.3, -0.25) is 0 Å². The van der Waals surface area contributed by atoms with E-state index in [2.05, 4.69) is 31.7 Å². The van der Waals surface area contributed by atoms with Crippen molar-refractivity contribution in [3.63, 3.8) is 0 Å². The molecule has 0 amide bonds. The highest BCUT2D eigenvalue weighted by Crippen LogP contribution is 2.36. The van der Waals surface area contributed by atoms with Gasteiger partial charge >= 0.3 is 0 Å². The SMILES string of the molecule is CC(C)CC[C@@H](CC[NH3+])c1ccc2c(c1)OCO2. The van der Waals surface area contributed by atoms with E-state index in [1.54, 1.807) is 0 Å². The molecular formula is C15H24NO2+. The summed E-state index contributed by atoms with van der Waals surface area (Å²) in [5, 5.41) is 0. The lowest BCUT2D eigenvalue weighted by Gasteiger charge is -2.17. The van der Waals surface area contributed by atoms with E-state index in [4.69, 9.17) is 9.47 Å². The fourth-order valence-electron chi connectivity index (χ4n) is 2.43. The van der Waals surface area contributed by atoms with Crippen LogP contribution in [0.3, 0.4) is 0 Å². The zero-order valence-electron chi connectivity index (χ0n) is 11.4. The van der Waals surface area contributed by atoms with Crippen molar-refractivity contribution in [1.82, 2.24) is 0 Å². The second kappa shape index (κ2) is 6.10. The Morgan fingerprint density at radius 1 is 1.11 bits per heavy atom. The molecule has 0 fully saturated rings. The van der Waals surface area contributed by atoms with E-state index in [9.17, 15) is 0 Å². The summed E-state index contributed by atoms with van der Waals surface area (Å²) in [4.78, 5) is 0. The standard InChI is InChI=1S/C15H23NO2/c1-11(2)3-4-12(7-8-16)13-5-6-14-15(9-13)18-10-17-14/h5-6,9,11-12H,3-4,7-8,10,16H2,1-2H3/p+1/t12-/m0/s1. The minimum Gasteiger partial charge on any atom is -0.454 e. The molecule has 1 aromatic carbocycles. The largest absolute Gasteiger partial charge is 0.454 e. The predicted octanol–water partition coefficient (Wildman–Crippen LogP) is 2.57. The number of quaternary nitrogens is 1. The lowest BCUT2D eigenvalue weighted by atomic mass is 9.88. The average molecular weight is 250 g/mol. The quantitative estimate of drug-likeness (QED) is 0.843. The molecule has 1 heterocycles. The van der Waals surface area contributed by atoms with Crippen LogP contribution < -0.4 is 15.2 Å². The van der Waals surface area contributed by atoms with Crippen molar-refractivity contribution in [2.24, 2.45) is 5.92 Å². The second-order valence-electron chi connectivity index (χ2n) is 5.42. The molecule has 1 atom stereocenters. The van der Waals surface area contributed by atoms with Gasteiger partial charge < -0.3 is 15.2 Å². The van der Waals surface area contributed by atoms with Gasteiger partial charge in [-0.25, -0.2) is 0 Å². The van der Waals surface area contributed by atoms with Crippen LogP contribution in [0.2, 0.25) is 0 Å². The summed E-state index contributed by atoms with van der Waals surface area (Å²) in [6.45, 7) is 5.89. The van der Waals surface area contributed by atoms with Gasteiger partial charge in [-0.2, -0.15) is 0 Å². The second-order valence-corrected chi connectivity index (χ2v) is 5.42. The van der Waals surface area contributed by atoms with E-state index in [0.717, 1.165) is 30.4 Å². The zero-order valence-corrected chi connectivity index (χ0v) is 11.4. The molecule has 3 heteroatoms. The first-order chi connectivity index (χ1) is 8.70. The van der Waals surface area contributed by atoms with Crippen LogP contribution in [0.15, 0.2) is 18.2 Å². The Morgan fingerprint density at radius 2 is 1.89 bits per heavy atom. The average Bonchev–Trinajstić information content (AvgIpc) is 2.81. The third-order valence-corrected chi connectivity index (χ3v) is 3.51. The Balaban J connectivity index is 2.09.